The van der Waals surface area contributed by atoms with Gasteiger partial charge in [-0.2, -0.15) is 0 Å². The van der Waals surface area contributed by atoms with Crippen molar-refractivity contribution in [3.8, 4) is 0 Å². The van der Waals surface area contributed by atoms with Crippen LogP contribution in [0.2, 0.25) is 0 Å². The SMILES string of the molecule is O=C1Cc2cc(C3CC(C(=O)O)NN3)ccc2N1. The fourth-order valence-corrected chi connectivity index (χ4v) is 2.40. The van der Waals surface area contributed by atoms with E-state index in [-0.39, 0.29) is 11.9 Å². The van der Waals surface area contributed by atoms with Gasteiger partial charge in [0.2, 0.25) is 5.91 Å². The topological polar surface area (TPSA) is 90.5 Å². The molecule has 6 nitrogen and oxygen atoms in total. The predicted molar refractivity (Wildman–Crippen MR) is 63.8 cm³/mol. The summed E-state index contributed by atoms with van der Waals surface area (Å²) in [6.07, 6.45) is 0.890. The Balaban J connectivity index is 1.80. The van der Waals surface area contributed by atoms with Gasteiger partial charge >= 0.3 is 5.97 Å². The first-order valence-corrected chi connectivity index (χ1v) is 5.80. The third-order valence-corrected chi connectivity index (χ3v) is 3.36. The van der Waals surface area contributed by atoms with Crippen LogP contribution < -0.4 is 16.2 Å². The number of hydrazine groups is 1. The number of nitrogens with one attached hydrogen (secondary N) is 3. The summed E-state index contributed by atoms with van der Waals surface area (Å²) in [4.78, 5) is 22.1. The van der Waals surface area contributed by atoms with Crippen LogP contribution in [0.5, 0.6) is 0 Å². The van der Waals surface area contributed by atoms with Crippen molar-refractivity contribution in [3.63, 3.8) is 0 Å². The number of anilines is 1. The van der Waals surface area contributed by atoms with Gasteiger partial charge < -0.3 is 10.4 Å². The largest absolute Gasteiger partial charge is 0.480 e. The van der Waals surface area contributed by atoms with Gasteiger partial charge in [-0.25, -0.2) is 10.9 Å². The van der Waals surface area contributed by atoms with Crippen molar-refractivity contribution < 1.29 is 14.7 Å². The molecule has 0 saturated carbocycles. The average Bonchev–Trinajstić information content (AvgIpc) is 2.91. The fourth-order valence-electron chi connectivity index (χ4n) is 2.40. The van der Waals surface area contributed by atoms with Gasteiger partial charge in [-0.1, -0.05) is 12.1 Å². The number of carbonyl (C=O) groups excluding carboxylic acids is 1. The lowest BCUT2D eigenvalue weighted by molar-refractivity contribution is -0.139. The van der Waals surface area contributed by atoms with E-state index < -0.39 is 12.0 Å². The number of carboxylic acids is 1. The minimum atomic E-state index is -0.858. The van der Waals surface area contributed by atoms with Gasteiger partial charge in [0.05, 0.1) is 6.42 Å². The van der Waals surface area contributed by atoms with Gasteiger partial charge in [0, 0.05) is 11.7 Å². The molecule has 2 heterocycles. The van der Waals surface area contributed by atoms with E-state index in [0.717, 1.165) is 16.8 Å². The molecule has 0 spiro atoms. The molecule has 2 aliphatic rings. The Morgan fingerprint density at radius 3 is 2.89 bits per heavy atom. The molecule has 1 amide bonds. The molecule has 6 heteroatoms. The van der Waals surface area contributed by atoms with Crippen molar-refractivity contribution in [1.82, 2.24) is 10.9 Å². The van der Waals surface area contributed by atoms with Crippen LogP contribution in [0.1, 0.15) is 23.6 Å². The Morgan fingerprint density at radius 2 is 2.17 bits per heavy atom. The van der Waals surface area contributed by atoms with Gasteiger partial charge in [0.15, 0.2) is 0 Å². The van der Waals surface area contributed by atoms with Crippen LogP contribution in [0.4, 0.5) is 5.69 Å². The summed E-state index contributed by atoms with van der Waals surface area (Å²) in [5, 5.41) is 11.7. The van der Waals surface area contributed by atoms with Gasteiger partial charge in [0.1, 0.15) is 6.04 Å². The molecule has 4 N–H and O–H groups in total. The van der Waals surface area contributed by atoms with Crippen molar-refractivity contribution >= 4 is 17.6 Å². The highest BCUT2D eigenvalue weighted by atomic mass is 16.4. The van der Waals surface area contributed by atoms with Gasteiger partial charge in [0.25, 0.3) is 0 Å². The van der Waals surface area contributed by atoms with Crippen molar-refractivity contribution in [2.24, 2.45) is 0 Å². The first kappa shape index (κ1) is 11.2. The highest BCUT2D eigenvalue weighted by Crippen LogP contribution is 2.29. The molecule has 94 valence electrons. The summed E-state index contributed by atoms with van der Waals surface area (Å²) in [7, 11) is 0. The predicted octanol–water partition coefficient (Wildman–Crippen LogP) is 0.173. The number of amides is 1. The fraction of sp³-hybridized carbons (Fsp3) is 0.333. The zero-order valence-electron chi connectivity index (χ0n) is 9.56. The van der Waals surface area contributed by atoms with Crippen LogP contribution in [-0.2, 0) is 16.0 Å². The molecule has 2 aliphatic heterocycles. The van der Waals surface area contributed by atoms with Crippen LogP contribution in [0.15, 0.2) is 18.2 Å². The maximum Gasteiger partial charge on any atom is 0.322 e. The van der Waals surface area contributed by atoms with E-state index in [9.17, 15) is 9.59 Å². The van der Waals surface area contributed by atoms with Crippen molar-refractivity contribution in [2.45, 2.75) is 24.9 Å². The molecule has 3 rings (SSSR count). The normalized spacial score (nSPS) is 25.9. The van der Waals surface area contributed by atoms with Crippen LogP contribution in [0.3, 0.4) is 0 Å². The zero-order chi connectivity index (χ0) is 12.7. The van der Waals surface area contributed by atoms with Crippen LogP contribution in [0, 0.1) is 0 Å². The first-order chi connectivity index (χ1) is 8.63. The van der Waals surface area contributed by atoms with Gasteiger partial charge in [-0.15, -0.1) is 0 Å². The average molecular weight is 247 g/mol. The van der Waals surface area contributed by atoms with Crippen LogP contribution in [-0.4, -0.2) is 23.0 Å². The second kappa shape index (κ2) is 4.08. The maximum absolute atomic E-state index is 11.3. The van der Waals surface area contributed by atoms with Crippen molar-refractivity contribution in [1.29, 1.82) is 0 Å². The Kier molecular flexibility index (Phi) is 2.53. The lowest BCUT2D eigenvalue weighted by atomic mass is 9.99. The van der Waals surface area contributed by atoms with E-state index >= 15 is 0 Å². The molecule has 1 aromatic rings. The summed E-state index contributed by atoms with van der Waals surface area (Å²) in [5.41, 5.74) is 8.54. The molecule has 0 aromatic heterocycles. The second-order valence-corrected chi connectivity index (χ2v) is 4.61. The summed E-state index contributed by atoms with van der Waals surface area (Å²) in [6.45, 7) is 0. The summed E-state index contributed by atoms with van der Waals surface area (Å²) in [5.74, 6) is -0.855. The van der Waals surface area contributed by atoms with Crippen LogP contribution in [0.25, 0.3) is 0 Å². The van der Waals surface area contributed by atoms with Crippen molar-refractivity contribution in [3.05, 3.63) is 29.3 Å². The smallest absolute Gasteiger partial charge is 0.322 e. The third-order valence-electron chi connectivity index (χ3n) is 3.36. The molecular formula is C12H13N3O3. The lowest BCUT2D eigenvalue weighted by Gasteiger charge is -2.10. The Bertz CT molecular complexity index is 529. The number of fused-ring (bicyclic) bond motifs is 1. The highest BCUT2D eigenvalue weighted by molar-refractivity contribution is 5.99. The molecule has 1 aromatic carbocycles. The summed E-state index contributed by atoms with van der Waals surface area (Å²) >= 11 is 0. The molecule has 1 fully saturated rings. The quantitative estimate of drug-likeness (QED) is 0.598. The minimum Gasteiger partial charge on any atom is -0.480 e. The summed E-state index contributed by atoms with van der Waals surface area (Å²) in [6, 6.07) is 5.13. The van der Waals surface area contributed by atoms with E-state index in [1.165, 1.54) is 0 Å². The number of benzene rings is 1. The number of carboxylic acid groups (broad SMARTS) is 1. The molecule has 0 bridgehead atoms. The Hall–Kier alpha value is -1.92. The number of carbonyl (C=O) groups is 2. The first-order valence-electron chi connectivity index (χ1n) is 5.80. The highest BCUT2D eigenvalue weighted by Gasteiger charge is 2.30. The monoisotopic (exact) mass is 247 g/mol. The molecule has 1 saturated heterocycles. The number of rotatable bonds is 2. The number of aliphatic carboxylic acids is 1. The van der Waals surface area contributed by atoms with Gasteiger partial charge in [-0.3, -0.25) is 9.59 Å². The van der Waals surface area contributed by atoms with E-state index in [1.54, 1.807) is 0 Å². The van der Waals surface area contributed by atoms with E-state index in [4.69, 9.17) is 5.11 Å². The lowest BCUT2D eigenvalue weighted by Crippen LogP contribution is -2.36. The van der Waals surface area contributed by atoms with E-state index in [2.05, 4.69) is 16.2 Å². The second-order valence-electron chi connectivity index (χ2n) is 4.61. The minimum absolute atomic E-state index is 0.00284. The van der Waals surface area contributed by atoms with E-state index in [0.29, 0.717) is 12.8 Å². The molecule has 2 unspecified atom stereocenters. The zero-order valence-corrected chi connectivity index (χ0v) is 9.56. The standard InChI is InChI=1S/C12H13N3O3/c16-11-4-7-3-6(1-2-8(7)13-11)9-5-10(12(17)18)15-14-9/h1-3,9-10,14-15H,4-5H2,(H,13,16)(H,17,18). The molecule has 18 heavy (non-hydrogen) atoms. The Labute approximate surface area is 103 Å². The molecular weight excluding hydrogens is 234 g/mol. The van der Waals surface area contributed by atoms with Crippen molar-refractivity contribution in [2.75, 3.05) is 5.32 Å². The maximum atomic E-state index is 11.3. The van der Waals surface area contributed by atoms with E-state index in [1.807, 2.05) is 18.2 Å². The number of hydrogen-bond donors (Lipinski definition) is 4. The van der Waals surface area contributed by atoms with Crippen LogP contribution >= 0.6 is 0 Å². The third kappa shape index (κ3) is 1.85. The molecule has 2 atom stereocenters. The molecule has 0 aliphatic carbocycles. The number of hydrogen-bond acceptors (Lipinski definition) is 4. The van der Waals surface area contributed by atoms with Gasteiger partial charge in [-0.05, 0) is 23.6 Å². The summed E-state index contributed by atoms with van der Waals surface area (Å²) < 4.78 is 0. The molecule has 0 radical (unpaired) electrons. The Morgan fingerprint density at radius 1 is 1.33 bits per heavy atom.